The number of hydrogen-bond donors (Lipinski definition) is 1. The van der Waals surface area contributed by atoms with Crippen molar-refractivity contribution in [1.82, 2.24) is 29.7 Å². The predicted octanol–water partition coefficient (Wildman–Crippen LogP) is 4.63. The second-order valence-corrected chi connectivity index (χ2v) is 8.28. The predicted molar refractivity (Wildman–Crippen MR) is 126 cm³/mol. The number of fused-ring (bicyclic) bond motifs is 2. The van der Waals surface area contributed by atoms with E-state index in [9.17, 15) is 0 Å². The van der Waals surface area contributed by atoms with E-state index in [-0.39, 0.29) is 0 Å². The Balaban J connectivity index is 1.76. The SMILES string of the molecule is Cc1cccc2nc(-c3ccccc3Cl)c(Cn3nc(I)c4c(N)ncnc43)nc12. The van der Waals surface area contributed by atoms with Gasteiger partial charge in [0.2, 0.25) is 0 Å². The lowest BCUT2D eigenvalue weighted by Crippen LogP contribution is -2.09. The van der Waals surface area contributed by atoms with Crippen LogP contribution >= 0.6 is 34.2 Å². The van der Waals surface area contributed by atoms with Crippen LogP contribution < -0.4 is 5.73 Å². The van der Waals surface area contributed by atoms with Crippen molar-refractivity contribution in [2.24, 2.45) is 0 Å². The molecule has 0 aliphatic heterocycles. The minimum atomic E-state index is 0.369. The van der Waals surface area contributed by atoms with Crippen LogP contribution in [0, 0.1) is 10.6 Å². The third-order valence-corrected chi connectivity index (χ3v) is 6.00. The Morgan fingerprint density at radius 2 is 1.90 bits per heavy atom. The first-order chi connectivity index (χ1) is 14.5. The molecule has 148 valence electrons. The molecule has 0 amide bonds. The quantitative estimate of drug-likeness (QED) is 0.344. The summed E-state index contributed by atoms with van der Waals surface area (Å²) in [6.45, 7) is 2.39. The molecule has 3 heterocycles. The van der Waals surface area contributed by atoms with E-state index < -0.39 is 0 Å². The van der Waals surface area contributed by atoms with Crippen LogP contribution in [0.25, 0.3) is 33.3 Å². The van der Waals surface area contributed by atoms with E-state index in [2.05, 4.69) is 37.7 Å². The zero-order valence-corrected chi connectivity index (χ0v) is 18.8. The van der Waals surface area contributed by atoms with E-state index in [0.29, 0.717) is 23.0 Å². The van der Waals surface area contributed by atoms with Gasteiger partial charge >= 0.3 is 0 Å². The summed E-state index contributed by atoms with van der Waals surface area (Å²) in [4.78, 5) is 18.4. The van der Waals surface area contributed by atoms with Crippen molar-refractivity contribution in [3.63, 3.8) is 0 Å². The lowest BCUT2D eigenvalue weighted by atomic mass is 10.1. The maximum absolute atomic E-state index is 6.51. The number of nitrogen functional groups attached to an aromatic ring is 1. The van der Waals surface area contributed by atoms with Gasteiger partial charge in [0.25, 0.3) is 0 Å². The van der Waals surface area contributed by atoms with Gasteiger partial charge in [0, 0.05) is 5.56 Å². The maximum Gasteiger partial charge on any atom is 0.164 e. The molecule has 0 fully saturated rings. The fraction of sp³-hybridized carbons (Fsp3) is 0.0952. The highest BCUT2D eigenvalue weighted by Crippen LogP contribution is 2.31. The summed E-state index contributed by atoms with van der Waals surface area (Å²) in [5, 5.41) is 5.98. The molecule has 0 saturated carbocycles. The number of para-hydroxylation sites is 1. The summed E-state index contributed by atoms with van der Waals surface area (Å²) < 4.78 is 2.52. The van der Waals surface area contributed by atoms with Gasteiger partial charge in [-0.2, -0.15) is 5.10 Å². The number of halogens is 2. The van der Waals surface area contributed by atoms with Crippen molar-refractivity contribution in [3.05, 3.63) is 68.8 Å². The van der Waals surface area contributed by atoms with Crippen LogP contribution in [0.2, 0.25) is 5.02 Å². The number of rotatable bonds is 3. The number of aromatic nitrogens is 6. The molecule has 0 radical (unpaired) electrons. The Bertz CT molecular complexity index is 1430. The molecule has 2 aromatic carbocycles. The molecule has 0 unspecified atom stereocenters. The Morgan fingerprint density at radius 3 is 2.73 bits per heavy atom. The number of benzene rings is 2. The van der Waals surface area contributed by atoms with E-state index in [0.717, 1.165) is 42.6 Å². The van der Waals surface area contributed by atoms with Crippen LogP contribution in [0.4, 0.5) is 5.82 Å². The fourth-order valence-electron chi connectivity index (χ4n) is 3.47. The molecule has 0 saturated heterocycles. The zero-order chi connectivity index (χ0) is 20.8. The molecule has 5 aromatic rings. The molecule has 0 bridgehead atoms. The monoisotopic (exact) mass is 527 g/mol. The smallest absolute Gasteiger partial charge is 0.164 e. The van der Waals surface area contributed by atoms with Gasteiger partial charge in [-0.25, -0.2) is 24.6 Å². The lowest BCUT2D eigenvalue weighted by molar-refractivity contribution is 0.684. The molecule has 9 heteroatoms. The van der Waals surface area contributed by atoms with Gasteiger partial charge in [-0.3, -0.25) is 0 Å². The summed E-state index contributed by atoms with van der Waals surface area (Å²) >= 11 is 8.65. The van der Waals surface area contributed by atoms with Crippen molar-refractivity contribution >= 4 is 62.1 Å². The Hall–Kier alpha value is -2.85. The largest absolute Gasteiger partial charge is 0.383 e. The summed E-state index contributed by atoms with van der Waals surface area (Å²) in [6.07, 6.45) is 1.44. The second-order valence-electron chi connectivity index (χ2n) is 6.85. The van der Waals surface area contributed by atoms with Crippen molar-refractivity contribution in [2.45, 2.75) is 13.5 Å². The van der Waals surface area contributed by atoms with Crippen LogP contribution in [-0.4, -0.2) is 29.7 Å². The summed E-state index contributed by atoms with van der Waals surface area (Å²) in [7, 11) is 0. The highest BCUT2D eigenvalue weighted by atomic mass is 127. The molecule has 5 rings (SSSR count). The van der Waals surface area contributed by atoms with E-state index in [1.807, 2.05) is 49.4 Å². The van der Waals surface area contributed by atoms with Crippen LogP contribution in [-0.2, 0) is 6.54 Å². The summed E-state index contributed by atoms with van der Waals surface area (Å²) in [6, 6.07) is 13.6. The van der Waals surface area contributed by atoms with Gasteiger partial charge in [0.1, 0.15) is 15.8 Å². The maximum atomic E-state index is 6.51. The second kappa shape index (κ2) is 7.44. The first-order valence-electron chi connectivity index (χ1n) is 9.16. The Kier molecular flexibility index (Phi) is 4.75. The van der Waals surface area contributed by atoms with Gasteiger partial charge in [0.15, 0.2) is 5.65 Å². The van der Waals surface area contributed by atoms with Crippen molar-refractivity contribution in [1.29, 1.82) is 0 Å². The number of hydrogen-bond acceptors (Lipinski definition) is 6. The van der Waals surface area contributed by atoms with Crippen molar-refractivity contribution in [3.8, 4) is 11.3 Å². The topological polar surface area (TPSA) is 95.4 Å². The molecule has 2 N–H and O–H groups in total. The fourth-order valence-corrected chi connectivity index (χ4v) is 4.47. The molecule has 7 nitrogen and oxygen atoms in total. The molecular formula is C21H15ClIN7. The number of nitrogens with zero attached hydrogens (tertiary/aromatic N) is 6. The number of nitrogens with two attached hydrogens (primary N) is 1. The van der Waals surface area contributed by atoms with Gasteiger partial charge in [0.05, 0.1) is 39.4 Å². The number of aryl methyl sites for hydroxylation is 1. The highest BCUT2D eigenvalue weighted by molar-refractivity contribution is 14.1. The van der Waals surface area contributed by atoms with Crippen molar-refractivity contribution in [2.75, 3.05) is 5.73 Å². The molecular weight excluding hydrogens is 513 g/mol. The van der Waals surface area contributed by atoms with E-state index in [4.69, 9.17) is 27.3 Å². The minimum Gasteiger partial charge on any atom is -0.383 e. The molecule has 0 aliphatic rings. The van der Waals surface area contributed by atoms with Gasteiger partial charge in [-0.15, -0.1) is 0 Å². The Morgan fingerprint density at radius 1 is 1.07 bits per heavy atom. The Labute approximate surface area is 190 Å². The molecule has 30 heavy (non-hydrogen) atoms. The summed E-state index contributed by atoms with van der Waals surface area (Å²) in [5.41, 5.74) is 11.7. The zero-order valence-electron chi connectivity index (χ0n) is 15.8. The van der Waals surface area contributed by atoms with Gasteiger partial charge in [-0.05, 0) is 47.2 Å². The normalized spacial score (nSPS) is 11.4. The summed E-state index contributed by atoms with van der Waals surface area (Å²) in [5.74, 6) is 0.405. The van der Waals surface area contributed by atoms with E-state index in [1.165, 1.54) is 6.33 Å². The minimum absolute atomic E-state index is 0.369. The van der Waals surface area contributed by atoms with E-state index in [1.54, 1.807) is 4.68 Å². The lowest BCUT2D eigenvalue weighted by Gasteiger charge is -2.13. The van der Waals surface area contributed by atoms with Gasteiger partial charge < -0.3 is 5.73 Å². The third kappa shape index (κ3) is 3.16. The van der Waals surface area contributed by atoms with Crippen LogP contribution in [0.3, 0.4) is 0 Å². The number of anilines is 1. The van der Waals surface area contributed by atoms with Crippen LogP contribution in [0.1, 0.15) is 11.3 Å². The first kappa shape index (κ1) is 19.1. The van der Waals surface area contributed by atoms with Gasteiger partial charge in [-0.1, -0.05) is 41.9 Å². The molecule has 0 spiro atoms. The first-order valence-corrected chi connectivity index (χ1v) is 10.6. The average Bonchev–Trinajstić information content (AvgIpc) is 3.05. The molecule has 0 atom stereocenters. The van der Waals surface area contributed by atoms with Crippen LogP contribution in [0.5, 0.6) is 0 Å². The van der Waals surface area contributed by atoms with Crippen molar-refractivity contribution < 1.29 is 0 Å². The van der Waals surface area contributed by atoms with Crippen LogP contribution in [0.15, 0.2) is 48.8 Å². The molecule has 0 aliphatic carbocycles. The third-order valence-electron chi connectivity index (χ3n) is 4.91. The highest BCUT2D eigenvalue weighted by Gasteiger charge is 2.19. The average molecular weight is 528 g/mol. The standard InChI is InChI=1S/C21H15ClIN7/c1-11-5-4-8-14-17(11)28-15(18(27-14)12-6-2-3-7-13(12)22)9-30-21-16(19(23)29-30)20(24)25-10-26-21/h2-8,10H,9H2,1H3,(H2,24,25,26). The van der Waals surface area contributed by atoms with E-state index >= 15 is 0 Å². The molecule has 3 aromatic heterocycles.